The molecule has 1 aliphatic carbocycles. The number of pyridine rings is 2. The third-order valence-corrected chi connectivity index (χ3v) is 11.1. The van der Waals surface area contributed by atoms with Crippen LogP contribution < -0.4 is 4.74 Å². The van der Waals surface area contributed by atoms with Crippen LogP contribution in [0, 0.1) is 0 Å². The molecule has 0 saturated carbocycles. The summed E-state index contributed by atoms with van der Waals surface area (Å²) in [5.41, 5.74) is 12.4. The highest BCUT2D eigenvalue weighted by Gasteiger charge is 2.48. The van der Waals surface area contributed by atoms with Crippen LogP contribution in [0.5, 0.6) is 11.5 Å². The Bertz CT molecular complexity index is 3000. The van der Waals surface area contributed by atoms with Crippen LogP contribution in [0.2, 0.25) is 0 Å². The SMILES string of the molecule is C1=Cc2ccc(-c3cc(-c4ccc(-c5cccnc5)nc4)nc(-c4ccccc4)n3)cc2C2(c3ccccc31)c1ccccc1Oc1c2ccc2ccccc12. The Morgan fingerprint density at radius 3 is 2.00 bits per heavy atom. The Hall–Kier alpha value is -7.50. The van der Waals surface area contributed by atoms with E-state index in [1.165, 1.54) is 11.1 Å². The largest absolute Gasteiger partial charge is 0.456 e. The van der Waals surface area contributed by atoms with E-state index in [9.17, 15) is 0 Å². The summed E-state index contributed by atoms with van der Waals surface area (Å²) >= 11 is 0. The summed E-state index contributed by atoms with van der Waals surface area (Å²) in [5, 5.41) is 2.22. The van der Waals surface area contributed by atoms with Crippen molar-refractivity contribution in [1.29, 1.82) is 0 Å². The number of rotatable bonds is 4. The van der Waals surface area contributed by atoms with Gasteiger partial charge in [0, 0.05) is 57.4 Å². The summed E-state index contributed by atoms with van der Waals surface area (Å²) in [7, 11) is 0. The fourth-order valence-electron chi connectivity index (χ4n) is 8.53. The molecule has 1 unspecified atom stereocenters. The van der Waals surface area contributed by atoms with Gasteiger partial charge >= 0.3 is 0 Å². The maximum absolute atomic E-state index is 6.92. The van der Waals surface area contributed by atoms with Crippen molar-refractivity contribution in [3.05, 3.63) is 216 Å². The molecule has 262 valence electrons. The van der Waals surface area contributed by atoms with E-state index in [1.807, 2.05) is 48.8 Å². The number of ether oxygens (including phenoxy) is 1. The predicted octanol–water partition coefficient (Wildman–Crippen LogP) is 12.1. The third-order valence-electron chi connectivity index (χ3n) is 11.1. The van der Waals surface area contributed by atoms with Gasteiger partial charge in [0.05, 0.1) is 22.5 Å². The second-order valence-corrected chi connectivity index (χ2v) is 14.2. The minimum Gasteiger partial charge on any atom is -0.456 e. The zero-order valence-electron chi connectivity index (χ0n) is 30.2. The molecule has 1 atom stereocenters. The maximum Gasteiger partial charge on any atom is 0.160 e. The molecule has 9 aromatic rings. The standard InChI is InChI=1S/C51H32N4O/c1-2-13-36(14-3-1)50-54-46(30-47(55-50)39-25-27-45(53-32-39)38-15-10-28-52-31-38)37-23-22-35-21-20-34-12-5-7-17-41(34)51(44(35)29-37)42-18-8-9-19-48(42)56-49-40-16-6-4-11-33(40)24-26-43(49)51/h1-32H. The van der Waals surface area contributed by atoms with Crippen LogP contribution in [0.15, 0.2) is 182 Å². The quantitative estimate of drug-likeness (QED) is 0.181. The average molecular weight is 717 g/mol. The minimum absolute atomic E-state index is 0.651. The van der Waals surface area contributed by atoms with Crippen molar-refractivity contribution in [3.63, 3.8) is 0 Å². The monoisotopic (exact) mass is 716 g/mol. The molecule has 3 aromatic heterocycles. The highest BCUT2D eigenvalue weighted by atomic mass is 16.5. The molecule has 0 radical (unpaired) electrons. The zero-order valence-corrected chi connectivity index (χ0v) is 30.2. The van der Waals surface area contributed by atoms with Gasteiger partial charge in [-0.1, -0.05) is 133 Å². The number of aromatic nitrogens is 4. The van der Waals surface area contributed by atoms with E-state index in [0.717, 1.165) is 83.9 Å². The van der Waals surface area contributed by atoms with E-state index in [0.29, 0.717) is 5.82 Å². The van der Waals surface area contributed by atoms with Crippen LogP contribution >= 0.6 is 0 Å². The Morgan fingerprint density at radius 1 is 0.446 bits per heavy atom. The molecule has 0 amide bonds. The molecule has 2 aliphatic rings. The van der Waals surface area contributed by atoms with Gasteiger partial charge in [-0.25, -0.2) is 9.97 Å². The van der Waals surface area contributed by atoms with Crippen molar-refractivity contribution in [1.82, 2.24) is 19.9 Å². The van der Waals surface area contributed by atoms with Gasteiger partial charge in [-0.15, -0.1) is 0 Å². The van der Waals surface area contributed by atoms with E-state index < -0.39 is 5.41 Å². The zero-order chi connectivity index (χ0) is 37.1. The lowest BCUT2D eigenvalue weighted by molar-refractivity contribution is 0.439. The van der Waals surface area contributed by atoms with Gasteiger partial charge in [-0.3, -0.25) is 9.97 Å². The molecule has 1 aliphatic heterocycles. The number of hydrogen-bond donors (Lipinski definition) is 0. The summed E-state index contributed by atoms with van der Waals surface area (Å²) in [4.78, 5) is 19.5. The van der Waals surface area contributed by atoms with Gasteiger partial charge in [-0.2, -0.15) is 0 Å². The fraction of sp³-hybridized carbons (Fsp3) is 0.0196. The van der Waals surface area contributed by atoms with Crippen molar-refractivity contribution < 1.29 is 4.74 Å². The summed E-state index contributed by atoms with van der Waals surface area (Å²) < 4.78 is 6.92. The first-order valence-electron chi connectivity index (χ1n) is 18.8. The normalized spacial score (nSPS) is 14.9. The summed E-state index contributed by atoms with van der Waals surface area (Å²) in [5.74, 6) is 2.38. The van der Waals surface area contributed by atoms with Crippen molar-refractivity contribution in [3.8, 4) is 56.7 Å². The first kappa shape index (κ1) is 32.0. The van der Waals surface area contributed by atoms with Gasteiger partial charge in [0.15, 0.2) is 5.82 Å². The highest BCUT2D eigenvalue weighted by Crippen LogP contribution is 2.59. The molecule has 5 heteroatoms. The van der Waals surface area contributed by atoms with Crippen LogP contribution in [-0.2, 0) is 5.41 Å². The van der Waals surface area contributed by atoms with Crippen LogP contribution in [0.25, 0.3) is 68.1 Å². The summed E-state index contributed by atoms with van der Waals surface area (Å²) in [6.45, 7) is 0. The molecule has 0 bridgehead atoms. The van der Waals surface area contributed by atoms with Crippen molar-refractivity contribution >= 4 is 22.9 Å². The third kappa shape index (κ3) is 5.02. The lowest BCUT2D eigenvalue weighted by Gasteiger charge is -2.42. The number of benzene rings is 6. The minimum atomic E-state index is -0.705. The van der Waals surface area contributed by atoms with Crippen molar-refractivity contribution in [2.75, 3.05) is 0 Å². The Labute approximate surface area is 324 Å². The Kier molecular flexibility index (Phi) is 7.32. The van der Waals surface area contributed by atoms with E-state index in [2.05, 4.69) is 145 Å². The van der Waals surface area contributed by atoms with Gasteiger partial charge in [0.1, 0.15) is 11.5 Å². The second-order valence-electron chi connectivity index (χ2n) is 14.2. The summed E-state index contributed by atoms with van der Waals surface area (Å²) in [6.07, 6.45) is 9.99. The number of nitrogens with zero attached hydrogens (tertiary/aromatic N) is 4. The Morgan fingerprint density at radius 2 is 1.16 bits per heavy atom. The second kappa shape index (κ2) is 12.8. The average Bonchev–Trinajstić information content (AvgIpc) is 3.42. The van der Waals surface area contributed by atoms with E-state index in [1.54, 1.807) is 6.20 Å². The lowest BCUT2D eigenvalue weighted by atomic mass is 9.62. The molecule has 5 nitrogen and oxygen atoms in total. The van der Waals surface area contributed by atoms with Gasteiger partial charge in [0.25, 0.3) is 0 Å². The topological polar surface area (TPSA) is 60.8 Å². The Balaban J connectivity index is 1.17. The number of fused-ring (bicyclic) bond motifs is 10. The van der Waals surface area contributed by atoms with Gasteiger partial charge < -0.3 is 4.74 Å². The lowest BCUT2D eigenvalue weighted by Crippen LogP contribution is -2.35. The predicted molar refractivity (Wildman–Crippen MR) is 224 cm³/mol. The number of para-hydroxylation sites is 1. The molecule has 1 spiro atoms. The van der Waals surface area contributed by atoms with Gasteiger partial charge in [-0.05, 0) is 70.1 Å². The molecule has 11 rings (SSSR count). The van der Waals surface area contributed by atoms with E-state index >= 15 is 0 Å². The first-order valence-corrected chi connectivity index (χ1v) is 18.8. The van der Waals surface area contributed by atoms with Crippen LogP contribution in [-0.4, -0.2) is 19.9 Å². The van der Waals surface area contributed by atoms with E-state index in [4.69, 9.17) is 19.7 Å². The number of hydrogen-bond acceptors (Lipinski definition) is 5. The van der Waals surface area contributed by atoms with Gasteiger partial charge in [0.2, 0.25) is 0 Å². The molecule has 0 fully saturated rings. The molecule has 6 aromatic carbocycles. The van der Waals surface area contributed by atoms with Crippen molar-refractivity contribution in [2.45, 2.75) is 5.41 Å². The molecule has 0 saturated heterocycles. The molecule has 0 N–H and O–H groups in total. The fourth-order valence-corrected chi connectivity index (χ4v) is 8.53. The molecular formula is C51H32N4O. The van der Waals surface area contributed by atoms with Crippen LogP contribution in [0.1, 0.15) is 33.4 Å². The molecule has 4 heterocycles. The first-order chi connectivity index (χ1) is 27.7. The van der Waals surface area contributed by atoms with Crippen LogP contribution in [0.3, 0.4) is 0 Å². The molecular weight excluding hydrogens is 685 g/mol. The van der Waals surface area contributed by atoms with Crippen molar-refractivity contribution in [2.24, 2.45) is 0 Å². The maximum atomic E-state index is 6.92. The highest BCUT2D eigenvalue weighted by molar-refractivity contribution is 5.94. The van der Waals surface area contributed by atoms with Crippen LogP contribution in [0.4, 0.5) is 0 Å². The molecule has 56 heavy (non-hydrogen) atoms. The van der Waals surface area contributed by atoms with E-state index in [-0.39, 0.29) is 0 Å². The summed E-state index contributed by atoms with van der Waals surface area (Å²) in [6, 6.07) is 57.3. The smallest absolute Gasteiger partial charge is 0.160 e.